The monoisotopic (exact) mass is 388 g/mol. The topological polar surface area (TPSA) is 49.4 Å². The zero-order valence-corrected chi connectivity index (χ0v) is 17.5. The van der Waals surface area contributed by atoms with E-state index in [9.17, 15) is 9.59 Å². The smallest absolute Gasteiger partial charge is 0.251 e. The molecule has 4 heteroatoms. The van der Waals surface area contributed by atoms with Crippen molar-refractivity contribution < 1.29 is 9.59 Å². The van der Waals surface area contributed by atoms with E-state index in [1.54, 1.807) is 11.0 Å². The first-order valence-corrected chi connectivity index (χ1v) is 9.99. The number of rotatable bonds is 4. The molecule has 0 radical (unpaired) electrons. The molecule has 0 fully saturated rings. The predicted molar refractivity (Wildman–Crippen MR) is 118 cm³/mol. The van der Waals surface area contributed by atoms with Gasteiger partial charge in [0.25, 0.3) is 5.91 Å². The van der Waals surface area contributed by atoms with Crippen LogP contribution in [-0.2, 0) is 16.0 Å². The summed E-state index contributed by atoms with van der Waals surface area (Å²) < 4.78 is 0. The van der Waals surface area contributed by atoms with Crippen molar-refractivity contribution in [1.82, 2.24) is 4.90 Å². The first-order valence-electron chi connectivity index (χ1n) is 9.99. The Morgan fingerprint density at radius 3 is 2.45 bits per heavy atom. The van der Waals surface area contributed by atoms with Crippen LogP contribution < -0.4 is 5.32 Å². The van der Waals surface area contributed by atoms with E-state index in [2.05, 4.69) is 17.4 Å². The molecule has 0 spiro atoms. The van der Waals surface area contributed by atoms with Gasteiger partial charge < -0.3 is 10.2 Å². The largest absolute Gasteiger partial charge is 0.323 e. The van der Waals surface area contributed by atoms with Crippen molar-refractivity contribution in [2.75, 3.05) is 11.9 Å². The van der Waals surface area contributed by atoms with Crippen molar-refractivity contribution in [2.24, 2.45) is 0 Å². The van der Waals surface area contributed by atoms with E-state index in [1.807, 2.05) is 64.1 Å². The predicted octanol–water partition coefficient (Wildman–Crippen LogP) is 4.81. The molecule has 0 bridgehead atoms. The van der Waals surface area contributed by atoms with Crippen LogP contribution in [0.4, 0.5) is 5.69 Å². The van der Waals surface area contributed by atoms with Gasteiger partial charge in [0.05, 0.1) is 0 Å². The van der Waals surface area contributed by atoms with Gasteiger partial charge in [-0.15, -0.1) is 0 Å². The molecule has 1 heterocycles. The Kier molecular flexibility index (Phi) is 6.32. The highest BCUT2D eigenvalue weighted by Gasteiger charge is 2.35. The zero-order valence-electron chi connectivity index (χ0n) is 17.5. The van der Waals surface area contributed by atoms with Gasteiger partial charge in [-0.2, -0.15) is 0 Å². The highest BCUT2D eigenvalue weighted by Crippen LogP contribution is 2.32. The van der Waals surface area contributed by atoms with Crippen LogP contribution in [-0.4, -0.2) is 23.3 Å². The third kappa shape index (κ3) is 4.48. The lowest BCUT2D eigenvalue weighted by molar-refractivity contribution is -0.135. The quantitative estimate of drug-likeness (QED) is 0.604. The first kappa shape index (κ1) is 20.6. The number of anilines is 1. The number of aryl methyl sites for hydroxylation is 3. The molecule has 0 aromatic heterocycles. The van der Waals surface area contributed by atoms with Gasteiger partial charge in [-0.1, -0.05) is 60.2 Å². The summed E-state index contributed by atoms with van der Waals surface area (Å²) in [6.07, 6.45) is 7.65. The number of benzene rings is 2. The van der Waals surface area contributed by atoms with Crippen LogP contribution in [0.5, 0.6) is 0 Å². The van der Waals surface area contributed by atoms with Gasteiger partial charge in [-0.25, -0.2) is 0 Å². The molecule has 2 aromatic rings. The maximum Gasteiger partial charge on any atom is 0.251 e. The fourth-order valence-electron chi connectivity index (χ4n) is 4.00. The number of nitrogens with zero attached hydrogens (tertiary/aromatic N) is 1. The molecular weight excluding hydrogens is 360 g/mol. The summed E-state index contributed by atoms with van der Waals surface area (Å²) in [6, 6.07) is 11.3. The Morgan fingerprint density at radius 1 is 1.07 bits per heavy atom. The number of hydrogen-bond acceptors (Lipinski definition) is 2. The second-order valence-electron chi connectivity index (χ2n) is 7.53. The van der Waals surface area contributed by atoms with Gasteiger partial charge in [0, 0.05) is 18.3 Å². The molecule has 2 amide bonds. The fourth-order valence-corrected chi connectivity index (χ4v) is 4.00. The molecule has 0 saturated heterocycles. The second kappa shape index (κ2) is 8.91. The maximum atomic E-state index is 13.4. The van der Waals surface area contributed by atoms with E-state index < -0.39 is 6.04 Å². The van der Waals surface area contributed by atoms with Crippen LogP contribution >= 0.6 is 0 Å². The molecule has 4 nitrogen and oxygen atoms in total. The van der Waals surface area contributed by atoms with E-state index in [0.29, 0.717) is 6.54 Å². The van der Waals surface area contributed by atoms with Gasteiger partial charge in [0.15, 0.2) is 0 Å². The Labute approximate surface area is 172 Å². The van der Waals surface area contributed by atoms with Gasteiger partial charge >= 0.3 is 0 Å². The van der Waals surface area contributed by atoms with Crippen molar-refractivity contribution in [3.05, 3.63) is 88.5 Å². The van der Waals surface area contributed by atoms with Crippen molar-refractivity contribution in [1.29, 1.82) is 0 Å². The van der Waals surface area contributed by atoms with Gasteiger partial charge in [-0.3, -0.25) is 9.59 Å². The minimum atomic E-state index is -0.650. The Morgan fingerprint density at radius 2 is 1.76 bits per heavy atom. The van der Waals surface area contributed by atoms with Crippen LogP contribution in [0.1, 0.15) is 40.8 Å². The summed E-state index contributed by atoms with van der Waals surface area (Å²) in [4.78, 5) is 27.9. The lowest BCUT2D eigenvalue weighted by Gasteiger charge is -2.36. The minimum Gasteiger partial charge on any atom is -0.323 e. The van der Waals surface area contributed by atoms with E-state index in [4.69, 9.17) is 0 Å². The van der Waals surface area contributed by atoms with Crippen LogP contribution in [0.2, 0.25) is 0 Å². The number of nitrogens with one attached hydrogen (secondary N) is 1. The Balaban J connectivity index is 1.97. The molecule has 1 aliphatic heterocycles. The van der Waals surface area contributed by atoms with Crippen molar-refractivity contribution in [3.8, 4) is 0 Å². The van der Waals surface area contributed by atoms with Crippen molar-refractivity contribution in [2.45, 2.75) is 40.2 Å². The third-order valence-electron chi connectivity index (χ3n) is 5.28. The summed E-state index contributed by atoms with van der Waals surface area (Å²) in [5, 5.41) is 3.10. The first-order chi connectivity index (χ1) is 13.9. The van der Waals surface area contributed by atoms with E-state index in [-0.39, 0.29) is 11.8 Å². The molecule has 1 N–H and O–H groups in total. The molecule has 3 rings (SSSR count). The summed E-state index contributed by atoms with van der Waals surface area (Å²) >= 11 is 0. The van der Waals surface area contributed by atoms with Crippen molar-refractivity contribution >= 4 is 17.5 Å². The van der Waals surface area contributed by atoms with Crippen LogP contribution in [0, 0.1) is 20.8 Å². The fraction of sp³-hybridized carbons (Fsp3) is 0.280. The molecule has 1 atom stereocenters. The zero-order chi connectivity index (χ0) is 21.0. The molecule has 1 aliphatic rings. The van der Waals surface area contributed by atoms with Gasteiger partial charge in [-0.05, 0) is 56.4 Å². The number of hydrogen-bond donors (Lipinski definition) is 1. The minimum absolute atomic E-state index is 0.157. The summed E-state index contributed by atoms with van der Waals surface area (Å²) in [7, 11) is 0. The lowest BCUT2D eigenvalue weighted by Crippen LogP contribution is -2.44. The molecule has 0 saturated carbocycles. The second-order valence-corrected chi connectivity index (χ2v) is 7.53. The number of amides is 2. The van der Waals surface area contributed by atoms with E-state index in [0.717, 1.165) is 39.9 Å². The highest BCUT2D eigenvalue weighted by atomic mass is 16.2. The number of carbonyl (C=O) groups excluding carboxylic acids is 2. The Bertz CT molecular complexity index is 965. The maximum absolute atomic E-state index is 13.4. The molecule has 0 aliphatic carbocycles. The third-order valence-corrected chi connectivity index (χ3v) is 5.28. The van der Waals surface area contributed by atoms with Gasteiger partial charge in [0.2, 0.25) is 5.91 Å². The molecular formula is C25H28N2O2. The number of fused-ring (bicyclic) bond motifs is 1. The highest BCUT2D eigenvalue weighted by molar-refractivity contribution is 6.01. The van der Waals surface area contributed by atoms with E-state index >= 15 is 0 Å². The van der Waals surface area contributed by atoms with Gasteiger partial charge in [0.1, 0.15) is 6.04 Å². The lowest BCUT2D eigenvalue weighted by atomic mass is 9.91. The molecule has 150 valence electrons. The van der Waals surface area contributed by atoms with Crippen LogP contribution in [0.3, 0.4) is 0 Å². The Hall–Kier alpha value is -3.14. The summed E-state index contributed by atoms with van der Waals surface area (Å²) in [5.74, 6) is -0.338. The van der Waals surface area contributed by atoms with Crippen LogP contribution in [0.15, 0.2) is 60.7 Å². The molecule has 29 heavy (non-hydrogen) atoms. The SMILES string of the molecule is C/C=C/C=C/C(=O)N1CCc2ccccc2C1C(=O)Nc1c(C)cc(C)cc1C. The summed E-state index contributed by atoms with van der Waals surface area (Å²) in [5.41, 5.74) is 6.03. The standard InChI is InChI=1S/C25H28N2O2/c1-5-6-7-12-22(28)27-14-13-20-10-8-9-11-21(20)24(27)25(29)26-23-18(3)15-17(2)16-19(23)4/h5-12,15-16,24H,13-14H2,1-4H3,(H,26,29)/b6-5+,12-7+. The van der Waals surface area contributed by atoms with Crippen LogP contribution in [0.25, 0.3) is 0 Å². The van der Waals surface area contributed by atoms with Crippen molar-refractivity contribution in [3.63, 3.8) is 0 Å². The molecule has 1 unspecified atom stereocenters. The number of carbonyl (C=O) groups is 2. The normalized spacial score (nSPS) is 16.3. The average molecular weight is 389 g/mol. The molecule has 2 aromatic carbocycles. The average Bonchev–Trinajstić information content (AvgIpc) is 2.69. The van der Waals surface area contributed by atoms with E-state index in [1.165, 1.54) is 6.08 Å². The summed E-state index contributed by atoms with van der Waals surface area (Å²) in [6.45, 7) is 8.44. The number of allylic oxidation sites excluding steroid dienone is 3.